The van der Waals surface area contributed by atoms with E-state index in [1.165, 1.54) is 23.1 Å². The lowest BCUT2D eigenvalue weighted by Crippen LogP contribution is -2.27. The Morgan fingerprint density at radius 1 is 1.41 bits per heavy atom. The average molecular weight is 258 g/mol. The lowest BCUT2D eigenvalue weighted by atomic mass is 10.2. The van der Waals surface area contributed by atoms with E-state index >= 15 is 0 Å². The van der Waals surface area contributed by atoms with Crippen LogP contribution in [-0.4, -0.2) is 42.6 Å². The molecule has 17 heavy (non-hydrogen) atoms. The van der Waals surface area contributed by atoms with Gasteiger partial charge in [-0.2, -0.15) is 0 Å². The van der Waals surface area contributed by atoms with Gasteiger partial charge < -0.3 is 14.7 Å². The summed E-state index contributed by atoms with van der Waals surface area (Å²) < 4.78 is 5.15. The van der Waals surface area contributed by atoms with Crippen molar-refractivity contribution in [3.05, 3.63) is 28.8 Å². The molecule has 1 rings (SSSR count). The number of nitrogens with zero attached hydrogens (tertiary/aromatic N) is 1. The second-order valence-corrected chi connectivity index (χ2v) is 3.96. The Morgan fingerprint density at radius 2 is 2.06 bits per heavy atom. The first kappa shape index (κ1) is 13.3. The fourth-order valence-corrected chi connectivity index (χ4v) is 1.24. The Balaban J connectivity index is 2.84. The minimum absolute atomic E-state index is 0.0657. The number of ether oxygens (including phenoxy) is 1. The van der Waals surface area contributed by atoms with Crippen LogP contribution in [0.1, 0.15) is 10.4 Å². The first-order valence-corrected chi connectivity index (χ1v) is 5.15. The highest BCUT2D eigenvalue weighted by Gasteiger charge is 2.13. The Morgan fingerprint density at radius 3 is 2.59 bits per heavy atom. The van der Waals surface area contributed by atoms with Crippen molar-refractivity contribution in [2.75, 3.05) is 20.7 Å². The van der Waals surface area contributed by atoms with Crippen molar-refractivity contribution in [1.29, 1.82) is 0 Å². The zero-order valence-corrected chi connectivity index (χ0v) is 10.2. The molecule has 0 atom stereocenters. The Hall–Kier alpha value is -1.75. The van der Waals surface area contributed by atoms with Gasteiger partial charge in [-0.25, -0.2) is 4.79 Å². The molecule has 0 radical (unpaired) electrons. The molecule has 1 aromatic rings. The number of halogens is 1. The van der Waals surface area contributed by atoms with Crippen molar-refractivity contribution in [1.82, 2.24) is 4.90 Å². The summed E-state index contributed by atoms with van der Waals surface area (Å²) in [5.74, 6) is -1.28. The van der Waals surface area contributed by atoms with Gasteiger partial charge in [-0.3, -0.25) is 4.79 Å². The van der Waals surface area contributed by atoms with Crippen LogP contribution in [0, 0.1) is 0 Å². The molecular formula is C11H12ClNO4. The highest BCUT2D eigenvalue weighted by atomic mass is 35.5. The van der Waals surface area contributed by atoms with Gasteiger partial charge in [-0.15, -0.1) is 0 Å². The van der Waals surface area contributed by atoms with Crippen molar-refractivity contribution in [2.24, 2.45) is 0 Å². The smallest absolute Gasteiger partial charge is 0.339 e. The van der Waals surface area contributed by atoms with Gasteiger partial charge in [0.1, 0.15) is 11.3 Å². The molecular weight excluding hydrogens is 246 g/mol. The first-order chi connectivity index (χ1) is 7.91. The summed E-state index contributed by atoms with van der Waals surface area (Å²) in [6.45, 7) is -0.213. The van der Waals surface area contributed by atoms with Gasteiger partial charge in [0.15, 0.2) is 6.61 Å². The molecule has 0 heterocycles. The molecule has 1 aromatic carbocycles. The molecule has 6 heteroatoms. The van der Waals surface area contributed by atoms with Gasteiger partial charge in [0.05, 0.1) is 0 Å². The van der Waals surface area contributed by atoms with Crippen LogP contribution in [0.25, 0.3) is 0 Å². The predicted octanol–water partition coefficient (Wildman–Crippen LogP) is 1.51. The van der Waals surface area contributed by atoms with E-state index in [9.17, 15) is 9.59 Å². The molecule has 0 aliphatic heterocycles. The molecule has 0 saturated carbocycles. The molecule has 1 N–H and O–H groups in total. The number of carbonyl (C=O) groups is 2. The molecule has 92 valence electrons. The van der Waals surface area contributed by atoms with Gasteiger partial charge >= 0.3 is 5.97 Å². The second-order valence-electron chi connectivity index (χ2n) is 3.52. The summed E-state index contributed by atoms with van der Waals surface area (Å²) >= 11 is 5.68. The normalized spacial score (nSPS) is 9.82. The molecule has 0 fully saturated rings. The number of hydrogen-bond acceptors (Lipinski definition) is 3. The number of amides is 1. The number of carboxylic acids is 1. The van der Waals surface area contributed by atoms with Crippen molar-refractivity contribution in [2.45, 2.75) is 0 Å². The number of likely N-dealkylation sites (N-methyl/N-ethyl adjacent to an activating group) is 1. The molecule has 0 spiro atoms. The van der Waals surface area contributed by atoms with Gasteiger partial charge in [0.2, 0.25) is 0 Å². The molecule has 0 bridgehead atoms. The lowest BCUT2D eigenvalue weighted by Gasteiger charge is -2.12. The Kier molecular flexibility index (Phi) is 4.34. The van der Waals surface area contributed by atoms with E-state index < -0.39 is 5.97 Å². The molecule has 0 aromatic heterocycles. The zero-order valence-electron chi connectivity index (χ0n) is 9.44. The van der Waals surface area contributed by atoms with E-state index in [-0.39, 0.29) is 23.8 Å². The van der Waals surface area contributed by atoms with Crippen LogP contribution in [0.15, 0.2) is 18.2 Å². The minimum atomic E-state index is -1.15. The number of rotatable bonds is 4. The molecule has 0 unspecified atom stereocenters. The van der Waals surface area contributed by atoms with Crippen LogP contribution in [0.5, 0.6) is 5.75 Å². The van der Waals surface area contributed by atoms with Gasteiger partial charge in [0, 0.05) is 19.1 Å². The number of benzene rings is 1. The van der Waals surface area contributed by atoms with E-state index in [0.717, 1.165) is 0 Å². The predicted molar refractivity (Wildman–Crippen MR) is 62.6 cm³/mol. The molecule has 5 nitrogen and oxygen atoms in total. The number of carbonyl (C=O) groups excluding carboxylic acids is 1. The average Bonchev–Trinajstić information content (AvgIpc) is 2.26. The third-order valence-corrected chi connectivity index (χ3v) is 2.26. The van der Waals surface area contributed by atoms with E-state index in [2.05, 4.69) is 0 Å². The zero-order chi connectivity index (χ0) is 13.0. The van der Waals surface area contributed by atoms with Gasteiger partial charge in [0.25, 0.3) is 5.91 Å². The monoisotopic (exact) mass is 257 g/mol. The Bertz CT molecular complexity index is 445. The number of hydrogen-bond donors (Lipinski definition) is 1. The van der Waals surface area contributed by atoms with Crippen LogP contribution in [0.2, 0.25) is 5.02 Å². The van der Waals surface area contributed by atoms with Crippen LogP contribution in [0.4, 0.5) is 0 Å². The van der Waals surface area contributed by atoms with Crippen molar-refractivity contribution >= 4 is 23.5 Å². The van der Waals surface area contributed by atoms with Crippen molar-refractivity contribution in [3.63, 3.8) is 0 Å². The topological polar surface area (TPSA) is 66.8 Å². The maximum atomic E-state index is 11.3. The summed E-state index contributed by atoms with van der Waals surface area (Å²) in [6, 6.07) is 4.21. The molecule has 1 amide bonds. The third-order valence-electron chi connectivity index (χ3n) is 2.02. The van der Waals surface area contributed by atoms with Crippen LogP contribution in [0.3, 0.4) is 0 Å². The van der Waals surface area contributed by atoms with Crippen LogP contribution < -0.4 is 4.74 Å². The molecule has 0 aliphatic carbocycles. The quantitative estimate of drug-likeness (QED) is 0.888. The summed E-state index contributed by atoms with van der Waals surface area (Å²) in [5.41, 5.74) is -0.0657. The maximum absolute atomic E-state index is 11.3. The van der Waals surface area contributed by atoms with E-state index in [4.69, 9.17) is 21.4 Å². The third kappa shape index (κ3) is 3.64. The van der Waals surface area contributed by atoms with E-state index in [1.807, 2.05) is 0 Å². The number of aromatic carboxylic acids is 1. The fourth-order valence-electron chi connectivity index (χ4n) is 1.06. The lowest BCUT2D eigenvalue weighted by molar-refractivity contribution is -0.130. The summed E-state index contributed by atoms with van der Waals surface area (Å²) in [7, 11) is 3.18. The summed E-state index contributed by atoms with van der Waals surface area (Å²) in [4.78, 5) is 23.6. The number of carboxylic acid groups (broad SMARTS) is 1. The highest BCUT2D eigenvalue weighted by molar-refractivity contribution is 6.31. The summed E-state index contributed by atoms with van der Waals surface area (Å²) in [6.07, 6.45) is 0. The molecule has 0 saturated heterocycles. The first-order valence-electron chi connectivity index (χ1n) is 4.77. The van der Waals surface area contributed by atoms with Crippen molar-refractivity contribution in [3.8, 4) is 5.75 Å². The molecule has 0 aliphatic rings. The standard InChI is InChI=1S/C11H12ClNO4/c1-13(2)10(14)6-17-9-4-3-7(12)5-8(9)11(15)16/h3-5H,6H2,1-2H3,(H,15,16). The van der Waals surface area contributed by atoms with Gasteiger partial charge in [-0.05, 0) is 18.2 Å². The SMILES string of the molecule is CN(C)C(=O)COc1ccc(Cl)cc1C(=O)O. The minimum Gasteiger partial charge on any atom is -0.483 e. The van der Waals surface area contributed by atoms with Crippen molar-refractivity contribution < 1.29 is 19.4 Å². The van der Waals surface area contributed by atoms with Crippen LogP contribution in [-0.2, 0) is 4.79 Å². The largest absolute Gasteiger partial charge is 0.483 e. The summed E-state index contributed by atoms with van der Waals surface area (Å²) in [5, 5.41) is 9.23. The Labute approximate surface area is 104 Å². The highest BCUT2D eigenvalue weighted by Crippen LogP contribution is 2.22. The fraction of sp³-hybridized carbons (Fsp3) is 0.273. The van der Waals surface area contributed by atoms with Crippen LogP contribution >= 0.6 is 11.6 Å². The maximum Gasteiger partial charge on any atom is 0.339 e. The second kappa shape index (κ2) is 5.54. The van der Waals surface area contributed by atoms with Gasteiger partial charge in [-0.1, -0.05) is 11.6 Å². The van der Waals surface area contributed by atoms with E-state index in [1.54, 1.807) is 14.1 Å². The van der Waals surface area contributed by atoms with E-state index in [0.29, 0.717) is 5.02 Å².